The molecule has 4 heterocycles. The normalized spacial score (nSPS) is 11.1. The van der Waals surface area contributed by atoms with E-state index in [9.17, 15) is 14.0 Å². The predicted octanol–water partition coefficient (Wildman–Crippen LogP) is 0.355. The van der Waals surface area contributed by atoms with Gasteiger partial charge in [0, 0.05) is 17.6 Å². The molecule has 0 radical (unpaired) electrons. The standard InChI is InChI=1S/C14H8FN7O2S/c15-9-2-10(4-16-3-9)20-7-8-1-12(17-5-11(8)19-20)21-14(24)22(25)13(23)6-18-21/h1-7,25H. The van der Waals surface area contributed by atoms with E-state index in [-0.39, 0.29) is 5.82 Å². The Morgan fingerprint density at radius 3 is 2.72 bits per heavy atom. The maximum absolute atomic E-state index is 13.3. The van der Waals surface area contributed by atoms with Crippen LogP contribution in [-0.2, 0) is 0 Å². The molecule has 0 bridgehead atoms. The number of halogens is 1. The minimum Gasteiger partial charge on any atom is -0.266 e. The van der Waals surface area contributed by atoms with Crippen molar-refractivity contribution in [1.82, 2.24) is 33.5 Å². The maximum atomic E-state index is 13.3. The fraction of sp³-hybridized carbons (Fsp3) is 0. The number of pyridine rings is 2. The van der Waals surface area contributed by atoms with Crippen LogP contribution in [0.15, 0.2) is 52.7 Å². The second-order valence-electron chi connectivity index (χ2n) is 5.03. The molecule has 0 saturated carbocycles. The lowest BCUT2D eigenvalue weighted by Gasteiger charge is -2.03. The van der Waals surface area contributed by atoms with E-state index in [0.717, 1.165) is 17.1 Å². The first kappa shape index (κ1) is 15.2. The number of fused-ring (bicyclic) bond motifs is 1. The van der Waals surface area contributed by atoms with Gasteiger partial charge in [-0.25, -0.2) is 22.8 Å². The van der Waals surface area contributed by atoms with E-state index in [0.29, 0.717) is 20.6 Å². The van der Waals surface area contributed by atoms with Crippen molar-refractivity contribution in [2.75, 3.05) is 0 Å². The van der Waals surface area contributed by atoms with Crippen molar-refractivity contribution in [3.8, 4) is 11.5 Å². The van der Waals surface area contributed by atoms with Crippen LogP contribution in [-0.4, -0.2) is 33.5 Å². The summed E-state index contributed by atoms with van der Waals surface area (Å²) >= 11 is 3.81. The molecule has 0 N–H and O–H groups in total. The molecule has 0 aliphatic rings. The Morgan fingerprint density at radius 2 is 1.92 bits per heavy atom. The molecule has 0 amide bonds. The van der Waals surface area contributed by atoms with Crippen molar-refractivity contribution in [2.24, 2.45) is 0 Å². The van der Waals surface area contributed by atoms with Gasteiger partial charge in [0.1, 0.15) is 17.5 Å². The van der Waals surface area contributed by atoms with Gasteiger partial charge in [-0.15, -0.1) is 0 Å². The summed E-state index contributed by atoms with van der Waals surface area (Å²) in [4.78, 5) is 31.3. The summed E-state index contributed by atoms with van der Waals surface area (Å²) in [6.45, 7) is 0. The molecule has 0 aliphatic heterocycles. The number of aromatic nitrogens is 7. The number of hydrogen-bond acceptors (Lipinski definition) is 7. The van der Waals surface area contributed by atoms with Gasteiger partial charge in [0.25, 0.3) is 5.56 Å². The molecule has 0 saturated heterocycles. The van der Waals surface area contributed by atoms with Crippen molar-refractivity contribution < 1.29 is 4.39 Å². The van der Waals surface area contributed by atoms with Gasteiger partial charge < -0.3 is 0 Å². The molecule has 0 aromatic carbocycles. The lowest BCUT2D eigenvalue weighted by Crippen LogP contribution is -2.36. The largest absolute Gasteiger partial charge is 0.363 e. The second-order valence-corrected chi connectivity index (χ2v) is 5.43. The van der Waals surface area contributed by atoms with Gasteiger partial charge in [0.05, 0.1) is 24.3 Å². The van der Waals surface area contributed by atoms with Gasteiger partial charge in [-0.05, 0) is 6.07 Å². The highest BCUT2D eigenvalue weighted by Gasteiger charge is 2.10. The van der Waals surface area contributed by atoms with Crippen molar-refractivity contribution in [2.45, 2.75) is 0 Å². The van der Waals surface area contributed by atoms with Crippen LogP contribution < -0.4 is 11.2 Å². The third kappa shape index (κ3) is 2.59. The predicted molar refractivity (Wildman–Crippen MR) is 88.7 cm³/mol. The van der Waals surface area contributed by atoms with Gasteiger partial charge >= 0.3 is 5.69 Å². The first-order chi connectivity index (χ1) is 12.0. The van der Waals surface area contributed by atoms with Crippen LogP contribution in [0.4, 0.5) is 4.39 Å². The highest BCUT2D eigenvalue weighted by atomic mass is 32.1. The summed E-state index contributed by atoms with van der Waals surface area (Å²) in [6, 6.07) is 2.86. The van der Waals surface area contributed by atoms with Crippen molar-refractivity contribution in [3.05, 3.63) is 69.8 Å². The third-order valence-corrected chi connectivity index (χ3v) is 3.77. The minimum absolute atomic E-state index is 0.192. The fourth-order valence-corrected chi connectivity index (χ4v) is 2.38. The van der Waals surface area contributed by atoms with Crippen LogP contribution >= 0.6 is 12.8 Å². The highest BCUT2D eigenvalue weighted by molar-refractivity contribution is 7.78. The van der Waals surface area contributed by atoms with Crippen LogP contribution in [0.2, 0.25) is 0 Å². The quantitative estimate of drug-likeness (QED) is 0.520. The molecule has 4 aromatic rings. The van der Waals surface area contributed by atoms with Gasteiger partial charge in [0.15, 0.2) is 5.82 Å². The van der Waals surface area contributed by atoms with Crippen LogP contribution in [0.3, 0.4) is 0 Å². The molecule has 11 heteroatoms. The third-order valence-electron chi connectivity index (χ3n) is 3.40. The van der Waals surface area contributed by atoms with Crippen LogP contribution in [0.1, 0.15) is 0 Å². The SMILES string of the molecule is O=c1cnn(-c2cc3cn(-c4cncc(F)c4)nc3cn2)c(=O)n1S. The smallest absolute Gasteiger partial charge is 0.266 e. The van der Waals surface area contributed by atoms with E-state index >= 15 is 0 Å². The molecular weight excluding hydrogens is 349 g/mol. The highest BCUT2D eigenvalue weighted by Crippen LogP contribution is 2.16. The van der Waals surface area contributed by atoms with Gasteiger partial charge in [-0.2, -0.15) is 14.9 Å². The molecule has 124 valence electrons. The molecule has 0 spiro atoms. The molecule has 9 nitrogen and oxygen atoms in total. The topological polar surface area (TPSA) is 100 Å². The summed E-state index contributed by atoms with van der Waals surface area (Å²) < 4.78 is 16.3. The number of rotatable bonds is 2. The average Bonchev–Trinajstić information content (AvgIpc) is 3.03. The molecule has 0 atom stereocenters. The van der Waals surface area contributed by atoms with E-state index in [1.165, 1.54) is 23.1 Å². The Labute approximate surface area is 143 Å². The van der Waals surface area contributed by atoms with Crippen LogP contribution in [0.25, 0.3) is 22.4 Å². The Balaban J connectivity index is 1.85. The number of hydrogen-bond donors (Lipinski definition) is 1. The Morgan fingerprint density at radius 1 is 1.08 bits per heavy atom. The maximum Gasteiger partial charge on any atom is 0.363 e. The minimum atomic E-state index is -0.746. The van der Waals surface area contributed by atoms with Crippen LogP contribution in [0.5, 0.6) is 0 Å². The fourth-order valence-electron chi connectivity index (χ4n) is 2.24. The van der Waals surface area contributed by atoms with Gasteiger partial charge in [-0.3, -0.25) is 9.78 Å². The number of nitrogens with zero attached hydrogens (tertiary/aromatic N) is 7. The van der Waals surface area contributed by atoms with E-state index in [4.69, 9.17) is 0 Å². The molecular formula is C14H8FN7O2S. The van der Waals surface area contributed by atoms with Crippen molar-refractivity contribution >= 4 is 23.7 Å². The zero-order valence-corrected chi connectivity index (χ0v) is 13.2. The molecule has 0 aliphatic carbocycles. The van der Waals surface area contributed by atoms with Crippen LogP contribution in [0, 0.1) is 5.82 Å². The van der Waals surface area contributed by atoms with E-state index < -0.39 is 17.1 Å². The lowest BCUT2D eigenvalue weighted by molar-refractivity contribution is 0.618. The van der Waals surface area contributed by atoms with Crippen molar-refractivity contribution in [1.29, 1.82) is 0 Å². The summed E-state index contributed by atoms with van der Waals surface area (Å²) in [5.74, 6) is -0.292. The molecule has 25 heavy (non-hydrogen) atoms. The first-order valence-corrected chi connectivity index (χ1v) is 7.30. The summed E-state index contributed by atoms with van der Waals surface area (Å²) in [5.41, 5.74) is -0.418. The molecule has 4 aromatic heterocycles. The molecule has 0 fully saturated rings. The molecule has 4 rings (SSSR count). The van der Waals surface area contributed by atoms with E-state index in [1.807, 2.05) is 0 Å². The Kier molecular flexibility index (Phi) is 3.42. The first-order valence-electron chi connectivity index (χ1n) is 6.90. The average molecular weight is 357 g/mol. The second kappa shape index (κ2) is 5.63. The van der Waals surface area contributed by atoms with Gasteiger partial charge in [0.2, 0.25) is 0 Å². The Hall–Kier alpha value is -3.34. The summed E-state index contributed by atoms with van der Waals surface area (Å²) in [5, 5.41) is 8.69. The number of thiol groups is 1. The van der Waals surface area contributed by atoms with E-state index in [2.05, 4.69) is 33.0 Å². The van der Waals surface area contributed by atoms with Gasteiger partial charge in [-0.1, -0.05) is 12.8 Å². The summed E-state index contributed by atoms with van der Waals surface area (Å²) in [7, 11) is 0. The molecule has 0 unspecified atom stereocenters. The monoisotopic (exact) mass is 357 g/mol. The van der Waals surface area contributed by atoms with E-state index in [1.54, 1.807) is 12.3 Å². The zero-order chi connectivity index (χ0) is 17.6. The summed E-state index contributed by atoms with van der Waals surface area (Å²) in [6.07, 6.45) is 6.60. The lowest BCUT2D eigenvalue weighted by atomic mass is 10.3. The van der Waals surface area contributed by atoms with Crippen molar-refractivity contribution in [3.63, 3.8) is 0 Å². The Bertz CT molecular complexity index is 1230. The zero-order valence-electron chi connectivity index (χ0n) is 12.3.